The van der Waals surface area contributed by atoms with E-state index in [4.69, 9.17) is 5.73 Å². The topological polar surface area (TPSA) is 50.9 Å². The standard InChI is InChI=1S/C12H15N3S/c1-8-6-10(16-9(8)2)7-15-12-11(13)4-3-5-14-12/h3-6H,7,13H2,1-2H3,(H,14,15). The van der Waals surface area contributed by atoms with Gasteiger partial charge in [0.15, 0.2) is 0 Å². The molecular weight excluding hydrogens is 218 g/mol. The van der Waals surface area contributed by atoms with Crippen LogP contribution in [0.3, 0.4) is 0 Å². The van der Waals surface area contributed by atoms with E-state index in [9.17, 15) is 0 Å². The molecule has 0 aliphatic heterocycles. The van der Waals surface area contributed by atoms with E-state index in [0.717, 1.165) is 12.4 Å². The third kappa shape index (κ3) is 2.33. The van der Waals surface area contributed by atoms with Crippen molar-refractivity contribution in [3.05, 3.63) is 39.7 Å². The van der Waals surface area contributed by atoms with Crippen LogP contribution in [0, 0.1) is 13.8 Å². The minimum atomic E-state index is 0.688. The summed E-state index contributed by atoms with van der Waals surface area (Å²) in [7, 11) is 0. The first-order valence-corrected chi connectivity index (χ1v) is 5.99. The number of nitrogen functional groups attached to an aromatic ring is 1. The van der Waals surface area contributed by atoms with E-state index in [2.05, 4.69) is 30.2 Å². The Balaban J connectivity index is 2.05. The van der Waals surface area contributed by atoms with Gasteiger partial charge in [-0.15, -0.1) is 11.3 Å². The number of anilines is 2. The number of thiophene rings is 1. The van der Waals surface area contributed by atoms with Crippen molar-refractivity contribution in [2.75, 3.05) is 11.1 Å². The molecule has 2 aromatic heterocycles. The molecule has 0 unspecified atom stereocenters. The zero-order chi connectivity index (χ0) is 11.5. The summed E-state index contributed by atoms with van der Waals surface area (Å²) >= 11 is 1.81. The van der Waals surface area contributed by atoms with Gasteiger partial charge < -0.3 is 11.1 Å². The Kier molecular flexibility index (Phi) is 3.10. The SMILES string of the molecule is Cc1cc(CNc2ncccc2N)sc1C. The fraction of sp³-hybridized carbons (Fsp3) is 0.250. The Morgan fingerprint density at radius 1 is 1.44 bits per heavy atom. The number of aryl methyl sites for hydroxylation is 2. The van der Waals surface area contributed by atoms with Crippen molar-refractivity contribution in [1.82, 2.24) is 4.98 Å². The Hall–Kier alpha value is -1.55. The first-order chi connectivity index (χ1) is 7.66. The highest BCUT2D eigenvalue weighted by Crippen LogP contribution is 2.22. The van der Waals surface area contributed by atoms with Gasteiger partial charge >= 0.3 is 0 Å². The smallest absolute Gasteiger partial charge is 0.149 e. The predicted molar refractivity (Wildman–Crippen MR) is 69.8 cm³/mol. The average molecular weight is 233 g/mol. The number of nitrogens with two attached hydrogens (primary N) is 1. The molecule has 0 atom stereocenters. The van der Waals surface area contributed by atoms with Crippen LogP contribution in [0.25, 0.3) is 0 Å². The van der Waals surface area contributed by atoms with Crippen LogP contribution in [-0.2, 0) is 6.54 Å². The zero-order valence-corrected chi connectivity index (χ0v) is 10.3. The Bertz CT molecular complexity index is 471. The molecule has 0 radical (unpaired) electrons. The second-order valence-electron chi connectivity index (χ2n) is 3.75. The summed E-state index contributed by atoms with van der Waals surface area (Å²) in [4.78, 5) is 6.86. The van der Waals surface area contributed by atoms with Gasteiger partial charge in [-0.1, -0.05) is 0 Å². The molecule has 0 saturated heterocycles. The summed E-state index contributed by atoms with van der Waals surface area (Å²) in [5.74, 6) is 0.756. The summed E-state index contributed by atoms with van der Waals surface area (Å²) < 4.78 is 0. The molecule has 16 heavy (non-hydrogen) atoms. The van der Waals surface area contributed by atoms with Crippen LogP contribution in [0.15, 0.2) is 24.4 Å². The fourth-order valence-corrected chi connectivity index (χ4v) is 2.47. The summed E-state index contributed by atoms with van der Waals surface area (Å²) in [5, 5.41) is 3.24. The Morgan fingerprint density at radius 2 is 2.25 bits per heavy atom. The van der Waals surface area contributed by atoms with Gasteiger partial charge in [-0.25, -0.2) is 4.98 Å². The summed E-state index contributed by atoms with van der Waals surface area (Å²) in [6.45, 7) is 5.05. The average Bonchev–Trinajstić information content (AvgIpc) is 2.57. The number of hydrogen-bond donors (Lipinski definition) is 2. The highest BCUT2D eigenvalue weighted by atomic mass is 32.1. The molecule has 0 aliphatic rings. The second kappa shape index (κ2) is 4.53. The third-order valence-electron chi connectivity index (χ3n) is 2.49. The third-order valence-corrected chi connectivity index (χ3v) is 3.64. The van der Waals surface area contributed by atoms with Gasteiger partial charge in [0.2, 0.25) is 0 Å². The lowest BCUT2D eigenvalue weighted by atomic mass is 10.3. The van der Waals surface area contributed by atoms with Gasteiger partial charge in [0, 0.05) is 16.0 Å². The van der Waals surface area contributed by atoms with E-state index in [0.29, 0.717) is 5.69 Å². The van der Waals surface area contributed by atoms with Crippen LogP contribution in [0.5, 0.6) is 0 Å². The van der Waals surface area contributed by atoms with E-state index in [-0.39, 0.29) is 0 Å². The van der Waals surface area contributed by atoms with Crippen LogP contribution in [-0.4, -0.2) is 4.98 Å². The first-order valence-electron chi connectivity index (χ1n) is 5.17. The van der Waals surface area contributed by atoms with Crippen molar-refractivity contribution in [3.63, 3.8) is 0 Å². The number of rotatable bonds is 3. The zero-order valence-electron chi connectivity index (χ0n) is 9.45. The quantitative estimate of drug-likeness (QED) is 0.857. The molecule has 84 valence electrons. The number of aromatic nitrogens is 1. The molecule has 0 bridgehead atoms. The van der Waals surface area contributed by atoms with E-state index >= 15 is 0 Å². The van der Waals surface area contributed by atoms with Gasteiger partial charge in [0.05, 0.1) is 12.2 Å². The van der Waals surface area contributed by atoms with Gasteiger partial charge in [-0.05, 0) is 37.6 Å². The van der Waals surface area contributed by atoms with Gasteiger partial charge in [-0.3, -0.25) is 0 Å². The molecule has 0 aromatic carbocycles. The summed E-state index contributed by atoms with van der Waals surface area (Å²) in [6, 6.07) is 5.88. The summed E-state index contributed by atoms with van der Waals surface area (Å²) in [5.41, 5.74) is 7.83. The minimum Gasteiger partial charge on any atom is -0.396 e. The second-order valence-corrected chi connectivity index (χ2v) is 5.09. The number of hydrogen-bond acceptors (Lipinski definition) is 4. The minimum absolute atomic E-state index is 0.688. The largest absolute Gasteiger partial charge is 0.396 e. The van der Waals surface area contributed by atoms with Crippen molar-refractivity contribution in [3.8, 4) is 0 Å². The molecule has 0 aliphatic carbocycles. The monoisotopic (exact) mass is 233 g/mol. The normalized spacial score (nSPS) is 10.4. The first kappa shape index (κ1) is 11.0. The molecule has 0 fully saturated rings. The maximum absolute atomic E-state index is 5.80. The Morgan fingerprint density at radius 3 is 2.88 bits per heavy atom. The van der Waals surface area contributed by atoms with Gasteiger partial charge in [-0.2, -0.15) is 0 Å². The number of pyridine rings is 1. The lowest BCUT2D eigenvalue weighted by Crippen LogP contribution is -2.02. The molecule has 3 nitrogen and oxygen atoms in total. The van der Waals surface area contributed by atoms with Crippen LogP contribution < -0.4 is 11.1 Å². The van der Waals surface area contributed by atoms with E-state index in [1.165, 1.54) is 15.3 Å². The van der Waals surface area contributed by atoms with Crippen LogP contribution in [0.1, 0.15) is 15.3 Å². The van der Waals surface area contributed by atoms with Crippen LogP contribution in [0.2, 0.25) is 0 Å². The highest BCUT2D eigenvalue weighted by Gasteiger charge is 2.03. The van der Waals surface area contributed by atoms with Crippen molar-refractivity contribution < 1.29 is 0 Å². The van der Waals surface area contributed by atoms with E-state index < -0.39 is 0 Å². The molecule has 2 aromatic rings. The molecule has 2 heterocycles. The lowest BCUT2D eigenvalue weighted by molar-refractivity contribution is 1.14. The number of nitrogens with one attached hydrogen (secondary N) is 1. The maximum atomic E-state index is 5.80. The van der Waals surface area contributed by atoms with Gasteiger partial charge in [0.25, 0.3) is 0 Å². The molecule has 0 saturated carbocycles. The van der Waals surface area contributed by atoms with E-state index in [1.807, 2.05) is 23.5 Å². The lowest BCUT2D eigenvalue weighted by Gasteiger charge is -2.05. The Labute approximate surface area is 99.3 Å². The van der Waals surface area contributed by atoms with Crippen molar-refractivity contribution in [1.29, 1.82) is 0 Å². The molecule has 2 rings (SSSR count). The van der Waals surface area contributed by atoms with Gasteiger partial charge in [0.1, 0.15) is 5.82 Å². The van der Waals surface area contributed by atoms with Crippen molar-refractivity contribution in [2.24, 2.45) is 0 Å². The predicted octanol–water partition coefficient (Wildman–Crippen LogP) is 2.95. The molecule has 4 heteroatoms. The van der Waals surface area contributed by atoms with Crippen molar-refractivity contribution in [2.45, 2.75) is 20.4 Å². The van der Waals surface area contributed by atoms with E-state index in [1.54, 1.807) is 6.20 Å². The molecule has 3 N–H and O–H groups in total. The number of nitrogens with zero attached hydrogens (tertiary/aromatic N) is 1. The van der Waals surface area contributed by atoms with Crippen LogP contribution >= 0.6 is 11.3 Å². The van der Waals surface area contributed by atoms with Crippen molar-refractivity contribution >= 4 is 22.8 Å². The highest BCUT2D eigenvalue weighted by molar-refractivity contribution is 7.12. The molecule has 0 amide bonds. The molecular formula is C12H15N3S. The molecule has 0 spiro atoms. The maximum Gasteiger partial charge on any atom is 0.149 e. The van der Waals surface area contributed by atoms with Crippen LogP contribution in [0.4, 0.5) is 11.5 Å². The fourth-order valence-electron chi connectivity index (χ4n) is 1.47. The summed E-state index contributed by atoms with van der Waals surface area (Å²) in [6.07, 6.45) is 1.74.